The highest BCUT2D eigenvalue weighted by molar-refractivity contribution is 4.77. The highest BCUT2D eigenvalue weighted by Gasteiger charge is 2.00. The van der Waals surface area contributed by atoms with Crippen molar-refractivity contribution in [1.82, 2.24) is 15.5 Å². The lowest BCUT2D eigenvalue weighted by atomic mass is 10.4. The summed E-state index contributed by atoms with van der Waals surface area (Å²) >= 11 is 0. The molecule has 0 fully saturated rings. The zero-order chi connectivity index (χ0) is 10.9. The van der Waals surface area contributed by atoms with Crippen LogP contribution in [-0.2, 0) is 11.3 Å². The summed E-state index contributed by atoms with van der Waals surface area (Å²) in [7, 11) is 0. The van der Waals surface area contributed by atoms with Crippen LogP contribution in [0.1, 0.15) is 31.5 Å². The summed E-state index contributed by atoms with van der Waals surface area (Å²) in [4.78, 5) is 0. The van der Waals surface area contributed by atoms with Gasteiger partial charge >= 0.3 is 0 Å². The van der Waals surface area contributed by atoms with Crippen molar-refractivity contribution < 1.29 is 9.15 Å². The van der Waals surface area contributed by atoms with Crippen LogP contribution in [0.3, 0.4) is 0 Å². The highest BCUT2D eigenvalue weighted by atomic mass is 16.5. The van der Waals surface area contributed by atoms with Gasteiger partial charge in [-0.05, 0) is 19.4 Å². The minimum Gasteiger partial charge on any atom is -0.424 e. The second-order valence-corrected chi connectivity index (χ2v) is 3.36. The largest absolute Gasteiger partial charge is 0.424 e. The molecule has 0 aliphatic rings. The first-order chi connectivity index (χ1) is 7.33. The van der Waals surface area contributed by atoms with E-state index in [1.807, 2.05) is 0 Å². The Balaban J connectivity index is 1.93. The normalized spacial score (nSPS) is 10.8. The summed E-state index contributed by atoms with van der Waals surface area (Å²) in [5.41, 5.74) is 0. The van der Waals surface area contributed by atoms with Crippen LogP contribution in [0.15, 0.2) is 4.42 Å². The first-order valence-corrected chi connectivity index (χ1v) is 5.40. The molecule has 1 aromatic rings. The smallest absolute Gasteiger partial charge is 0.230 e. The molecule has 0 atom stereocenters. The Morgan fingerprint density at radius 1 is 1.33 bits per heavy atom. The number of hydrogen-bond donors (Lipinski definition) is 1. The summed E-state index contributed by atoms with van der Waals surface area (Å²) in [5, 5.41) is 10.8. The Bertz CT molecular complexity index is 263. The molecule has 0 aromatic carbocycles. The lowest BCUT2D eigenvalue weighted by Gasteiger charge is -2.02. The van der Waals surface area contributed by atoms with Crippen molar-refractivity contribution in [2.45, 2.75) is 33.2 Å². The molecule has 5 nitrogen and oxygen atoms in total. The molecule has 0 unspecified atom stereocenters. The van der Waals surface area contributed by atoms with Crippen LogP contribution >= 0.6 is 0 Å². The van der Waals surface area contributed by atoms with Crippen molar-refractivity contribution in [2.75, 3.05) is 19.8 Å². The van der Waals surface area contributed by atoms with Crippen molar-refractivity contribution in [3.63, 3.8) is 0 Å². The molecule has 5 heteroatoms. The summed E-state index contributed by atoms with van der Waals surface area (Å²) in [6.07, 6.45) is 2.09. The van der Waals surface area contributed by atoms with E-state index in [-0.39, 0.29) is 0 Å². The molecule has 1 rings (SSSR count). The summed E-state index contributed by atoms with van der Waals surface area (Å²) in [6.45, 7) is 7.09. The molecule has 0 saturated heterocycles. The maximum Gasteiger partial charge on any atom is 0.230 e. The minimum atomic E-state index is 0.609. The molecular weight excluding hydrogens is 194 g/mol. The Kier molecular flexibility index (Phi) is 5.96. The van der Waals surface area contributed by atoms with Gasteiger partial charge in [-0.1, -0.05) is 6.92 Å². The molecule has 0 radical (unpaired) electrons. The Morgan fingerprint density at radius 3 is 2.87 bits per heavy atom. The van der Waals surface area contributed by atoms with Gasteiger partial charge in [0.1, 0.15) is 0 Å². The predicted octanol–water partition coefficient (Wildman–Crippen LogP) is 1.28. The van der Waals surface area contributed by atoms with Crippen molar-refractivity contribution in [3.05, 3.63) is 11.8 Å². The molecule has 1 heterocycles. The van der Waals surface area contributed by atoms with Gasteiger partial charge in [-0.2, -0.15) is 0 Å². The van der Waals surface area contributed by atoms with Crippen LogP contribution in [0.4, 0.5) is 0 Å². The topological polar surface area (TPSA) is 60.2 Å². The van der Waals surface area contributed by atoms with Gasteiger partial charge in [0, 0.05) is 20.1 Å². The molecular formula is C10H19N3O2. The molecule has 1 aromatic heterocycles. The SMILES string of the molecule is CCCOCCCNCc1nnc(C)o1. The standard InChI is InChI=1S/C10H19N3O2/c1-3-6-14-7-4-5-11-8-10-13-12-9(2)15-10/h11H,3-8H2,1-2H3. The van der Waals surface area contributed by atoms with E-state index in [0.29, 0.717) is 18.3 Å². The highest BCUT2D eigenvalue weighted by Crippen LogP contribution is 1.96. The van der Waals surface area contributed by atoms with E-state index in [2.05, 4.69) is 22.4 Å². The van der Waals surface area contributed by atoms with E-state index in [4.69, 9.17) is 9.15 Å². The van der Waals surface area contributed by atoms with Gasteiger partial charge in [-0.3, -0.25) is 0 Å². The first kappa shape index (κ1) is 12.1. The number of nitrogens with zero attached hydrogens (tertiary/aromatic N) is 2. The van der Waals surface area contributed by atoms with E-state index in [9.17, 15) is 0 Å². The van der Waals surface area contributed by atoms with Crippen LogP contribution in [-0.4, -0.2) is 30.0 Å². The van der Waals surface area contributed by atoms with Gasteiger partial charge in [0.2, 0.25) is 11.8 Å². The van der Waals surface area contributed by atoms with Gasteiger partial charge in [-0.15, -0.1) is 10.2 Å². The molecule has 15 heavy (non-hydrogen) atoms. The number of rotatable bonds is 8. The molecule has 0 amide bonds. The van der Waals surface area contributed by atoms with Crippen LogP contribution in [0, 0.1) is 6.92 Å². The number of nitrogens with one attached hydrogen (secondary N) is 1. The summed E-state index contributed by atoms with van der Waals surface area (Å²) in [6, 6.07) is 0. The van der Waals surface area contributed by atoms with Crippen molar-refractivity contribution >= 4 is 0 Å². The van der Waals surface area contributed by atoms with Crippen molar-refractivity contribution in [3.8, 4) is 0 Å². The van der Waals surface area contributed by atoms with Gasteiger partial charge in [0.25, 0.3) is 0 Å². The lowest BCUT2D eigenvalue weighted by molar-refractivity contribution is 0.132. The third-order valence-corrected chi connectivity index (χ3v) is 1.83. The summed E-state index contributed by atoms with van der Waals surface area (Å²) in [5.74, 6) is 1.25. The predicted molar refractivity (Wildman–Crippen MR) is 56.5 cm³/mol. The molecule has 0 saturated carbocycles. The van der Waals surface area contributed by atoms with Crippen LogP contribution in [0.5, 0.6) is 0 Å². The van der Waals surface area contributed by atoms with Gasteiger partial charge in [-0.25, -0.2) is 0 Å². The average molecular weight is 213 g/mol. The maximum atomic E-state index is 5.35. The monoisotopic (exact) mass is 213 g/mol. The van der Waals surface area contributed by atoms with E-state index in [0.717, 1.165) is 32.6 Å². The Labute approximate surface area is 90.2 Å². The molecule has 0 aliphatic heterocycles. The van der Waals surface area contributed by atoms with E-state index < -0.39 is 0 Å². The Hall–Kier alpha value is -0.940. The van der Waals surface area contributed by atoms with Crippen LogP contribution < -0.4 is 5.32 Å². The van der Waals surface area contributed by atoms with Crippen molar-refractivity contribution in [1.29, 1.82) is 0 Å². The second kappa shape index (κ2) is 7.36. The van der Waals surface area contributed by atoms with E-state index in [1.165, 1.54) is 0 Å². The maximum absolute atomic E-state index is 5.35. The number of aromatic nitrogens is 2. The quantitative estimate of drug-likeness (QED) is 0.659. The van der Waals surface area contributed by atoms with E-state index >= 15 is 0 Å². The average Bonchev–Trinajstić information content (AvgIpc) is 2.63. The fourth-order valence-electron chi connectivity index (χ4n) is 1.15. The molecule has 86 valence electrons. The lowest BCUT2D eigenvalue weighted by Crippen LogP contribution is -2.16. The minimum absolute atomic E-state index is 0.609. The zero-order valence-electron chi connectivity index (χ0n) is 9.45. The second-order valence-electron chi connectivity index (χ2n) is 3.36. The van der Waals surface area contributed by atoms with Gasteiger partial charge in [0.15, 0.2) is 0 Å². The fraction of sp³-hybridized carbons (Fsp3) is 0.800. The van der Waals surface area contributed by atoms with Gasteiger partial charge < -0.3 is 14.5 Å². The van der Waals surface area contributed by atoms with Gasteiger partial charge in [0.05, 0.1) is 6.54 Å². The van der Waals surface area contributed by atoms with Crippen molar-refractivity contribution in [2.24, 2.45) is 0 Å². The zero-order valence-corrected chi connectivity index (χ0v) is 9.45. The van der Waals surface area contributed by atoms with E-state index in [1.54, 1.807) is 6.92 Å². The first-order valence-electron chi connectivity index (χ1n) is 5.40. The number of hydrogen-bond acceptors (Lipinski definition) is 5. The molecule has 0 aliphatic carbocycles. The fourth-order valence-corrected chi connectivity index (χ4v) is 1.15. The number of aryl methyl sites for hydroxylation is 1. The Morgan fingerprint density at radius 2 is 2.20 bits per heavy atom. The number of ether oxygens (including phenoxy) is 1. The third-order valence-electron chi connectivity index (χ3n) is 1.83. The molecule has 0 bridgehead atoms. The van der Waals surface area contributed by atoms with Crippen LogP contribution in [0.2, 0.25) is 0 Å². The van der Waals surface area contributed by atoms with Crippen LogP contribution in [0.25, 0.3) is 0 Å². The molecule has 1 N–H and O–H groups in total. The summed E-state index contributed by atoms with van der Waals surface area (Å²) < 4.78 is 10.6. The third kappa shape index (κ3) is 5.49. The molecule has 0 spiro atoms.